The Balaban J connectivity index is 1.62. The zero-order valence-corrected chi connectivity index (χ0v) is 14.1. The van der Waals surface area contributed by atoms with Crippen LogP contribution in [0.5, 0.6) is 0 Å². The molecule has 2 heterocycles. The predicted molar refractivity (Wildman–Crippen MR) is 86.8 cm³/mol. The normalized spacial score (nSPS) is 24.6. The minimum atomic E-state index is 0.0311. The van der Waals surface area contributed by atoms with Gasteiger partial charge in [0.1, 0.15) is 0 Å². The molecule has 6 heteroatoms. The second-order valence-electron chi connectivity index (χ2n) is 7.30. The van der Waals surface area contributed by atoms with Crippen molar-refractivity contribution in [3.63, 3.8) is 0 Å². The number of likely N-dealkylation sites (tertiary alicyclic amines) is 1. The highest BCUT2D eigenvalue weighted by molar-refractivity contribution is 5.77. The SMILES string of the molecule is Cc1noc(C2CCCN(C(=O)CC3(CN)CCCCC3)C2)n1. The number of carbonyl (C=O) groups is 1. The molecule has 0 radical (unpaired) electrons. The molecule has 2 aliphatic rings. The van der Waals surface area contributed by atoms with E-state index in [1.54, 1.807) is 0 Å². The zero-order chi connectivity index (χ0) is 16.3. The second kappa shape index (κ2) is 6.99. The number of nitrogens with zero attached hydrogens (tertiary/aromatic N) is 3. The Morgan fingerprint density at radius 2 is 2.13 bits per heavy atom. The van der Waals surface area contributed by atoms with Crippen molar-refractivity contribution in [1.29, 1.82) is 0 Å². The van der Waals surface area contributed by atoms with Crippen molar-refractivity contribution in [2.24, 2.45) is 11.1 Å². The molecule has 0 spiro atoms. The van der Waals surface area contributed by atoms with E-state index < -0.39 is 0 Å². The van der Waals surface area contributed by atoms with Gasteiger partial charge in [0.25, 0.3) is 0 Å². The first kappa shape index (κ1) is 16.4. The molecule has 1 atom stereocenters. The lowest BCUT2D eigenvalue weighted by Crippen LogP contribution is -2.44. The van der Waals surface area contributed by atoms with Crippen molar-refractivity contribution in [2.75, 3.05) is 19.6 Å². The maximum atomic E-state index is 12.8. The maximum Gasteiger partial charge on any atom is 0.231 e. The van der Waals surface area contributed by atoms with E-state index in [0.717, 1.165) is 32.2 Å². The monoisotopic (exact) mass is 320 g/mol. The quantitative estimate of drug-likeness (QED) is 0.920. The molecular weight excluding hydrogens is 292 g/mol. The Morgan fingerprint density at radius 3 is 2.78 bits per heavy atom. The van der Waals surface area contributed by atoms with Crippen LogP contribution in [-0.2, 0) is 4.79 Å². The summed E-state index contributed by atoms with van der Waals surface area (Å²) in [6.07, 6.45) is 8.46. The minimum absolute atomic E-state index is 0.0311. The molecular formula is C17H28N4O2. The van der Waals surface area contributed by atoms with Gasteiger partial charge in [-0.2, -0.15) is 4.98 Å². The van der Waals surface area contributed by atoms with Crippen LogP contribution in [-0.4, -0.2) is 40.6 Å². The van der Waals surface area contributed by atoms with E-state index >= 15 is 0 Å². The molecule has 1 aliphatic heterocycles. The zero-order valence-electron chi connectivity index (χ0n) is 14.1. The minimum Gasteiger partial charge on any atom is -0.342 e. The third-order valence-electron chi connectivity index (χ3n) is 5.54. The van der Waals surface area contributed by atoms with Crippen LogP contribution in [0.2, 0.25) is 0 Å². The largest absolute Gasteiger partial charge is 0.342 e. The van der Waals surface area contributed by atoms with E-state index in [9.17, 15) is 4.79 Å². The number of nitrogens with two attached hydrogens (primary N) is 1. The molecule has 2 N–H and O–H groups in total. The topological polar surface area (TPSA) is 85.2 Å². The Hall–Kier alpha value is -1.43. The molecule has 3 rings (SSSR count). The third-order valence-corrected chi connectivity index (χ3v) is 5.54. The summed E-state index contributed by atoms with van der Waals surface area (Å²) in [4.78, 5) is 19.1. The van der Waals surface area contributed by atoms with Crippen LogP contribution >= 0.6 is 0 Å². The van der Waals surface area contributed by atoms with Gasteiger partial charge in [0, 0.05) is 19.5 Å². The summed E-state index contributed by atoms with van der Waals surface area (Å²) in [7, 11) is 0. The first-order valence-corrected chi connectivity index (χ1v) is 8.90. The molecule has 0 aromatic carbocycles. The lowest BCUT2D eigenvalue weighted by Gasteiger charge is -2.39. The van der Waals surface area contributed by atoms with E-state index in [4.69, 9.17) is 10.3 Å². The fraction of sp³-hybridized carbons (Fsp3) is 0.824. The average Bonchev–Trinajstić information content (AvgIpc) is 3.02. The van der Waals surface area contributed by atoms with E-state index in [0.29, 0.717) is 31.2 Å². The molecule has 1 aromatic rings. The van der Waals surface area contributed by atoms with Crippen LogP contribution in [0.15, 0.2) is 4.52 Å². The second-order valence-corrected chi connectivity index (χ2v) is 7.30. The fourth-order valence-electron chi connectivity index (χ4n) is 4.07. The standard InChI is InChI=1S/C17H28N4O2/c1-13-19-16(23-20-13)14-6-5-9-21(11-14)15(22)10-17(12-18)7-3-2-4-8-17/h14H,2-12,18H2,1H3. The lowest BCUT2D eigenvalue weighted by atomic mass is 9.71. The highest BCUT2D eigenvalue weighted by Gasteiger charge is 2.36. The highest BCUT2D eigenvalue weighted by Crippen LogP contribution is 2.39. The number of aromatic nitrogens is 2. The van der Waals surface area contributed by atoms with Gasteiger partial charge in [-0.1, -0.05) is 24.4 Å². The summed E-state index contributed by atoms with van der Waals surface area (Å²) in [6, 6.07) is 0. The van der Waals surface area contributed by atoms with Gasteiger partial charge in [0.15, 0.2) is 5.82 Å². The third kappa shape index (κ3) is 3.74. The Morgan fingerprint density at radius 1 is 1.35 bits per heavy atom. The van der Waals surface area contributed by atoms with Crippen molar-refractivity contribution in [3.8, 4) is 0 Å². The Bertz CT molecular complexity index is 536. The van der Waals surface area contributed by atoms with E-state index in [1.807, 2.05) is 11.8 Å². The summed E-state index contributed by atoms with van der Waals surface area (Å²) in [5, 5.41) is 3.87. The lowest BCUT2D eigenvalue weighted by molar-refractivity contribution is -0.135. The fourth-order valence-corrected chi connectivity index (χ4v) is 4.07. The molecule has 1 aromatic heterocycles. The van der Waals surface area contributed by atoms with Gasteiger partial charge in [0.05, 0.1) is 5.92 Å². The van der Waals surface area contributed by atoms with Gasteiger partial charge >= 0.3 is 0 Å². The van der Waals surface area contributed by atoms with Gasteiger partial charge in [-0.15, -0.1) is 0 Å². The van der Waals surface area contributed by atoms with Crippen molar-refractivity contribution in [3.05, 3.63) is 11.7 Å². The molecule has 2 fully saturated rings. The van der Waals surface area contributed by atoms with Crippen molar-refractivity contribution in [2.45, 2.75) is 64.2 Å². The van der Waals surface area contributed by atoms with Gasteiger partial charge in [-0.25, -0.2) is 0 Å². The van der Waals surface area contributed by atoms with Gasteiger partial charge in [0.2, 0.25) is 11.8 Å². The van der Waals surface area contributed by atoms with Crippen LogP contribution < -0.4 is 5.73 Å². The van der Waals surface area contributed by atoms with Crippen molar-refractivity contribution in [1.82, 2.24) is 15.0 Å². The molecule has 0 bridgehead atoms. The number of hydrogen-bond acceptors (Lipinski definition) is 5. The number of carbonyl (C=O) groups excluding carboxylic acids is 1. The summed E-state index contributed by atoms with van der Waals surface area (Å²) in [5.41, 5.74) is 6.06. The van der Waals surface area contributed by atoms with E-state index in [-0.39, 0.29) is 17.2 Å². The summed E-state index contributed by atoms with van der Waals surface area (Å²) >= 11 is 0. The maximum absolute atomic E-state index is 12.8. The van der Waals surface area contributed by atoms with Gasteiger partial charge < -0.3 is 15.2 Å². The molecule has 1 saturated carbocycles. The molecule has 128 valence electrons. The summed E-state index contributed by atoms with van der Waals surface area (Å²) < 4.78 is 5.30. The number of aryl methyl sites for hydroxylation is 1. The Labute approximate surface area is 137 Å². The smallest absolute Gasteiger partial charge is 0.231 e. The predicted octanol–water partition coefficient (Wildman–Crippen LogP) is 2.38. The molecule has 1 unspecified atom stereocenters. The summed E-state index contributed by atoms with van der Waals surface area (Å²) in [5.74, 6) is 1.76. The van der Waals surface area contributed by atoms with Crippen LogP contribution in [0.1, 0.15) is 69.0 Å². The first-order chi connectivity index (χ1) is 11.1. The van der Waals surface area contributed by atoms with E-state index in [2.05, 4.69) is 10.1 Å². The highest BCUT2D eigenvalue weighted by atomic mass is 16.5. The van der Waals surface area contributed by atoms with Crippen LogP contribution in [0, 0.1) is 12.3 Å². The van der Waals surface area contributed by atoms with Crippen LogP contribution in [0.3, 0.4) is 0 Å². The average molecular weight is 320 g/mol. The molecule has 6 nitrogen and oxygen atoms in total. The van der Waals surface area contributed by atoms with Crippen molar-refractivity contribution < 1.29 is 9.32 Å². The molecule has 1 saturated heterocycles. The van der Waals surface area contributed by atoms with Gasteiger partial charge in [-0.3, -0.25) is 4.79 Å². The molecule has 1 aliphatic carbocycles. The van der Waals surface area contributed by atoms with Crippen molar-refractivity contribution >= 4 is 5.91 Å². The first-order valence-electron chi connectivity index (χ1n) is 8.90. The number of hydrogen-bond donors (Lipinski definition) is 1. The Kier molecular flexibility index (Phi) is 4.99. The number of piperidine rings is 1. The molecule has 23 heavy (non-hydrogen) atoms. The molecule has 1 amide bonds. The summed E-state index contributed by atoms with van der Waals surface area (Å²) in [6.45, 7) is 3.98. The van der Waals surface area contributed by atoms with Crippen LogP contribution in [0.25, 0.3) is 0 Å². The van der Waals surface area contributed by atoms with E-state index in [1.165, 1.54) is 19.3 Å². The number of amides is 1. The van der Waals surface area contributed by atoms with Gasteiger partial charge in [-0.05, 0) is 44.6 Å². The van der Waals surface area contributed by atoms with Crippen LogP contribution in [0.4, 0.5) is 0 Å². The number of rotatable bonds is 4.